The molecule has 0 N–H and O–H groups in total. The molecule has 2 nitrogen and oxygen atoms in total. The van der Waals surface area contributed by atoms with Crippen LogP contribution in [0.5, 0.6) is 0 Å². The lowest BCUT2D eigenvalue weighted by Gasteiger charge is -2.33. The molecule has 0 saturated carbocycles. The Morgan fingerprint density at radius 3 is 1.69 bits per heavy atom. The number of anilines is 3. The largest absolute Gasteiger partial charge is 0.455 e. The van der Waals surface area contributed by atoms with Crippen molar-refractivity contribution >= 4 is 60.5 Å². The molecule has 2 aliphatic rings. The molecule has 0 atom stereocenters. The molecule has 0 fully saturated rings. The molecule has 1 aromatic heterocycles. The van der Waals surface area contributed by atoms with Gasteiger partial charge in [0.1, 0.15) is 11.2 Å². The van der Waals surface area contributed by atoms with Gasteiger partial charge in [-0.15, -0.1) is 0 Å². The predicted octanol–water partition coefficient (Wildman–Crippen LogP) is 15.4. The Kier molecular flexibility index (Phi) is 6.68. The fraction of sp³-hybridized carbons (Fsp3) is 0.0175. The summed E-state index contributed by atoms with van der Waals surface area (Å²) in [6.07, 6.45) is 0. The Bertz CT molecular complexity index is 3480. The fourth-order valence-corrected chi connectivity index (χ4v) is 10.7. The lowest BCUT2D eigenvalue weighted by atomic mass is 9.70. The van der Waals surface area contributed by atoms with E-state index in [9.17, 15) is 0 Å². The third-order valence-corrected chi connectivity index (χ3v) is 13.1. The second-order valence-corrected chi connectivity index (χ2v) is 15.9. The zero-order valence-corrected chi connectivity index (χ0v) is 32.1. The number of benzene rings is 10. The molecule has 0 saturated heterocycles. The van der Waals surface area contributed by atoms with Crippen molar-refractivity contribution in [3.8, 4) is 33.4 Å². The molecule has 0 bridgehead atoms. The average Bonchev–Trinajstić information content (AvgIpc) is 3.94. The normalized spacial score (nSPS) is 13.2. The predicted molar refractivity (Wildman–Crippen MR) is 245 cm³/mol. The number of furan rings is 1. The highest BCUT2D eigenvalue weighted by molar-refractivity contribution is 6.16. The first-order valence-electron chi connectivity index (χ1n) is 20.4. The van der Waals surface area contributed by atoms with Crippen molar-refractivity contribution in [2.45, 2.75) is 5.41 Å². The molecule has 1 heterocycles. The molecule has 2 aliphatic carbocycles. The second kappa shape index (κ2) is 12.2. The van der Waals surface area contributed by atoms with Crippen LogP contribution in [0.4, 0.5) is 17.1 Å². The van der Waals surface area contributed by atoms with Crippen LogP contribution in [0.1, 0.15) is 22.3 Å². The highest BCUT2D eigenvalue weighted by atomic mass is 16.3. The standard InChI is InChI=1S/C57H35NO/c1-2-17-39-36(15-1)16-13-28-52(39)58(51-27-11-6-18-40(51)38-32-31-37-33-34-44-43-21-7-12-30-54(43)59-56(44)46(37)35-38)53-29-14-26-50-55(53)45-22-5-10-25-49(45)57(50)47-23-8-3-19-41(47)42-20-4-9-24-48(42)57/h1-35H. The Morgan fingerprint density at radius 1 is 0.339 bits per heavy atom. The summed E-state index contributed by atoms with van der Waals surface area (Å²) in [7, 11) is 0. The summed E-state index contributed by atoms with van der Waals surface area (Å²) in [4.78, 5) is 2.53. The number of fused-ring (bicyclic) bond motifs is 16. The molecular weight excluding hydrogens is 715 g/mol. The van der Waals surface area contributed by atoms with Gasteiger partial charge < -0.3 is 9.32 Å². The monoisotopic (exact) mass is 749 g/mol. The van der Waals surface area contributed by atoms with Gasteiger partial charge in [0, 0.05) is 32.7 Å². The van der Waals surface area contributed by atoms with Gasteiger partial charge in [0.25, 0.3) is 0 Å². The van der Waals surface area contributed by atoms with Crippen LogP contribution in [-0.2, 0) is 5.41 Å². The summed E-state index contributed by atoms with van der Waals surface area (Å²) in [5.74, 6) is 0. The average molecular weight is 750 g/mol. The first-order chi connectivity index (χ1) is 29.3. The molecule has 59 heavy (non-hydrogen) atoms. The maximum atomic E-state index is 6.59. The Hall–Kier alpha value is -7.68. The Labute approximate surface area is 341 Å². The van der Waals surface area contributed by atoms with Gasteiger partial charge in [-0.3, -0.25) is 0 Å². The molecule has 11 aromatic rings. The van der Waals surface area contributed by atoms with Crippen LogP contribution >= 0.6 is 0 Å². The van der Waals surface area contributed by atoms with Crippen molar-refractivity contribution in [1.82, 2.24) is 0 Å². The minimum Gasteiger partial charge on any atom is -0.455 e. The van der Waals surface area contributed by atoms with E-state index in [2.05, 4.69) is 211 Å². The zero-order valence-electron chi connectivity index (χ0n) is 32.1. The number of nitrogens with zero attached hydrogens (tertiary/aromatic N) is 1. The van der Waals surface area contributed by atoms with Crippen LogP contribution in [0, 0.1) is 0 Å². The van der Waals surface area contributed by atoms with Crippen LogP contribution in [0.2, 0.25) is 0 Å². The molecule has 0 radical (unpaired) electrons. The molecule has 0 unspecified atom stereocenters. The minimum absolute atomic E-state index is 0.449. The van der Waals surface area contributed by atoms with Gasteiger partial charge in [-0.1, -0.05) is 176 Å². The van der Waals surface area contributed by atoms with E-state index in [-0.39, 0.29) is 0 Å². The van der Waals surface area contributed by atoms with Crippen molar-refractivity contribution in [1.29, 1.82) is 0 Å². The van der Waals surface area contributed by atoms with E-state index in [4.69, 9.17) is 4.42 Å². The van der Waals surface area contributed by atoms with E-state index in [1.807, 2.05) is 6.07 Å². The van der Waals surface area contributed by atoms with Gasteiger partial charge in [-0.05, 0) is 91.7 Å². The fourth-order valence-electron chi connectivity index (χ4n) is 10.7. The van der Waals surface area contributed by atoms with Gasteiger partial charge in [-0.25, -0.2) is 0 Å². The van der Waals surface area contributed by atoms with E-state index in [1.54, 1.807) is 0 Å². The maximum absolute atomic E-state index is 6.59. The number of hydrogen-bond acceptors (Lipinski definition) is 2. The first kappa shape index (κ1) is 32.4. The lowest BCUT2D eigenvalue weighted by Crippen LogP contribution is -2.26. The molecule has 1 spiro atoms. The first-order valence-corrected chi connectivity index (χ1v) is 20.4. The van der Waals surface area contributed by atoms with Crippen LogP contribution in [0.25, 0.3) is 76.9 Å². The lowest BCUT2D eigenvalue weighted by molar-refractivity contribution is 0.672. The molecular formula is C57H35NO. The second-order valence-electron chi connectivity index (χ2n) is 15.9. The SMILES string of the molecule is c1ccc(N(c2cccc3c2-c2ccccc2C32c3ccccc3-c3ccccc32)c2cccc3ccccc23)c(-c2ccc3ccc4c5ccccc5oc4c3c2)c1. The van der Waals surface area contributed by atoms with Crippen LogP contribution in [0.3, 0.4) is 0 Å². The van der Waals surface area contributed by atoms with Gasteiger partial charge in [0.15, 0.2) is 0 Å². The molecule has 10 aromatic carbocycles. The van der Waals surface area contributed by atoms with Crippen LogP contribution < -0.4 is 4.90 Å². The molecule has 0 aliphatic heterocycles. The van der Waals surface area contributed by atoms with Crippen molar-refractivity contribution in [2.75, 3.05) is 4.90 Å². The quantitative estimate of drug-likeness (QED) is 0.178. The van der Waals surface area contributed by atoms with E-state index in [0.29, 0.717) is 0 Å². The summed E-state index contributed by atoms with van der Waals surface area (Å²) in [6, 6.07) is 78.2. The van der Waals surface area contributed by atoms with Crippen LogP contribution in [0.15, 0.2) is 217 Å². The smallest absolute Gasteiger partial charge is 0.143 e. The third-order valence-electron chi connectivity index (χ3n) is 13.1. The van der Waals surface area contributed by atoms with E-state index in [1.165, 1.54) is 55.3 Å². The number of hydrogen-bond donors (Lipinski definition) is 0. The van der Waals surface area contributed by atoms with Crippen molar-refractivity contribution in [2.24, 2.45) is 0 Å². The van der Waals surface area contributed by atoms with Gasteiger partial charge >= 0.3 is 0 Å². The maximum Gasteiger partial charge on any atom is 0.143 e. The summed E-state index contributed by atoms with van der Waals surface area (Å²) in [5.41, 5.74) is 17.5. The molecule has 13 rings (SSSR count). The summed E-state index contributed by atoms with van der Waals surface area (Å²) in [5, 5.41) is 6.94. The topological polar surface area (TPSA) is 16.4 Å². The summed E-state index contributed by atoms with van der Waals surface area (Å²) < 4.78 is 6.59. The van der Waals surface area contributed by atoms with E-state index in [0.717, 1.165) is 60.9 Å². The number of para-hydroxylation sites is 2. The minimum atomic E-state index is -0.449. The van der Waals surface area contributed by atoms with E-state index < -0.39 is 5.41 Å². The number of rotatable bonds is 4. The van der Waals surface area contributed by atoms with Gasteiger partial charge in [0.05, 0.1) is 22.5 Å². The van der Waals surface area contributed by atoms with Crippen molar-refractivity contribution in [3.63, 3.8) is 0 Å². The highest BCUT2D eigenvalue weighted by Gasteiger charge is 2.52. The van der Waals surface area contributed by atoms with Gasteiger partial charge in [0.2, 0.25) is 0 Å². The van der Waals surface area contributed by atoms with Crippen molar-refractivity contribution < 1.29 is 4.42 Å². The highest BCUT2D eigenvalue weighted by Crippen LogP contribution is 2.65. The molecule has 2 heteroatoms. The zero-order chi connectivity index (χ0) is 38.7. The summed E-state index contributed by atoms with van der Waals surface area (Å²) in [6.45, 7) is 0. The summed E-state index contributed by atoms with van der Waals surface area (Å²) >= 11 is 0. The third kappa shape index (κ3) is 4.35. The van der Waals surface area contributed by atoms with Crippen LogP contribution in [-0.4, -0.2) is 0 Å². The Balaban J connectivity index is 1.11. The molecule has 274 valence electrons. The molecule has 0 amide bonds. The van der Waals surface area contributed by atoms with Crippen molar-refractivity contribution in [3.05, 3.63) is 235 Å². The Morgan fingerprint density at radius 2 is 0.881 bits per heavy atom. The van der Waals surface area contributed by atoms with Gasteiger partial charge in [-0.2, -0.15) is 0 Å². The van der Waals surface area contributed by atoms with E-state index >= 15 is 0 Å².